The van der Waals surface area contributed by atoms with Crippen LogP contribution in [0.3, 0.4) is 0 Å². The molecular weight excluding hydrogens is 404 g/mol. The molecule has 30 heavy (non-hydrogen) atoms. The Morgan fingerprint density at radius 2 is 1.77 bits per heavy atom. The van der Waals surface area contributed by atoms with Crippen molar-refractivity contribution in [3.8, 4) is 11.6 Å². The first-order valence-electron chi connectivity index (χ1n) is 9.61. The monoisotopic (exact) mass is 424 g/mol. The summed E-state index contributed by atoms with van der Waals surface area (Å²) in [5.74, 6) is -0.0192. The summed E-state index contributed by atoms with van der Waals surface area (Å²) in [7, 11) is 0. The van der Waals surface area contributed by atoms with E-state index < -0.39 is 17.1 Å². The van der Waals surface area contributed by atoms with Gasteiger partial charge in [0.1, 0.15) is 5.56 Å². The summed E-state index contributed by atoms with van der Waals surface area (Å²) < 4.78 is 1.03. The van der Waals surface area contributed by atoms with Crippen LogP contribution in [-0.2, 0) is 0 Å². The van der Waals surface area contributed by atoms with Gasteiger partial charge < -0.3 is 10.5 Å². The number of aromatic nitrogens is 2. The second-order valence-corrected chi connectivity index (χ2v) is 7.97. The van der Waals surface area contributed by atoms with Crippen molar-refractivity contribution in [2.75, 3.05) is 0 Å². The zero-order valence-corrected chi connectivity index (χ0v) is 17.3. The SMILES string of the molecule is CC(C)c1ccc(C2CC(c3c(O)n(-c4ccc(Cl)cc4)c(=O)[nH]c3=O)=NN2)cc1. The highest BCUT2D eigenvalue weighted by Crippen LogP contribution is 2.28. The van der Waals surface area contributed by atoms with Crippen LogP contribution >= 0.6 is 11.6 Å². The summed E-state index contributed by atoms with van der Waals surface area (Å²) in [6.45, 7) is 4.27. The van der Waals surface area contributed by atoms with E-state index in [2.05, 4.69) is 41.5 Å². The van der Waals surface area contributed by atoms with Crippen LogP contribution in [0.2, 0.25) is 5.02 Å². The Balaban J connectivity index is 1.68. The molecule has 7 nitrogen and oxygen atoms in total. The van der Waals surface area contributed by atoms with Crippen LogP contribution in [0.25, 0.3) is 5.69 Å². The first kappa shape index (κ1) is 20.0. The minimum absolute atomic E-state index is 0.0293. The zero-order valence-electron chi connectivity index (χ0n) is 16.5. The summed E-state index contributed by atoms with van der Waals surface area (Å²) >= 11 is 5.90. The molecule has 2 aromatic carbocycles. The number of nitrogens with zero attached hydrogens (tertiary/aromatic N) is 2. The lowest BCUT2D eigenvalue weighted by atomic mass is 9.96. The van der Waals surface area contributed by atoms with Gasteiger partial charge in [-0.25, -0.2) is 9.36 Å². The van der Waals surface area contributed by atoms with Crippen molar-refractivity contribution >= 4 is 17.3 Å². The molecule has 1 unspecified atom stereocenters. The van der Waals surface area contributed by atoms with Crippen LogP contribution in [0.15, 0.2) is 63.2 Å². The smallest absolute Gasteiger partial charge is 0.335 e. The Hall–Kier alpha value is -3.32. The lowest BCUT2D eigenvalue weighted by Crippen LogP contribution is -2.33. The average Bonchev–Trinajstić information content (AvgIpc) is 3.19. The lowest BCUT2D eigenvalue weighted by Gasteiger charge is -2.13. The highest BCUT2D eigenvalue weighted by molar-refractivity contribution is 6.30. The molecule has 8 heteroatoms. The summed E-state index contributed by atoms with van der Waals surface area (Å²) in [6, 6.07) is 14.4. The largest absolute Gasteiger partial charge is 0.493 e. The fourth-order valence-electron chi connectivity index (χ4n) is 3.52. The van der Waals surface area contributed by atoms with Gasteiger partial charge in [0, 0.05) is 11.4 Å². The Bertz CT molecular complexity index is 1230. The van der Waals surface area contributed by atoms with E-state index in [1.165, 1.54) is 5.56 Å². The molecular formula is C22H21ClN4O3. The van der Waals surface area contributed by atoms with Gasteiger partial charge in [-0.1, -0.05) is 49.7 Å². The number of hydrogen-bond donors (Lipinski definition) is 3. The molecule has 0 saturated carbocycles. The van der Waals surface area contributed by atoms with E-state index in [0.717, 1.165) is 10.1 Å². The first-order chi connectivity index (χ1) is 14.3. The fraction of sp³-hybridized carbons (Fsp3) is 0.227. The maximum absolute atomic E-state index is 12.5. The van der Waals surface area contributed by atoms with Crippen LogP contribution in [0.1, 0.15) is 48.9 Å². The molecule has 2 heterocycles. The molecule has 1 atom stereocenters. The molecule has 0 radical (unpaired) electrons. The molecule has 3 aromatic rings. The number of aromatic hydroxyl groups is 1. The molecule has 0 aliphatic carbocycles. The summed E-state index contributed by atoms with van der Waals surface area (Å²) in [5.41, 5.74) is 4.61. The fourth-order valence-corrected chi connectivity index (χ4v) is 3.64. The standard InChI is InChI=1S/C22H21ClN4O3/c1-12(2)13-3-5-14(6-4-13)17-11-18(26-25-17)19-20(28)24-22(30)27(21(19)29)16-9-7-15(23)8-10-16/h3-10,12,17,25,29H,11H2,1-2H3,(H,24,28,30). The summed E-state index contributed by atoms with van der Waals surface area (Å²) in [6.07, 6.45) is 0.399. The van der Waals surface area contributed by atoms with Gasteiger partial charge in [0.05, 0.1) is 17.4 Å². The first-order valence-corrected chi connectivity index (χ1v) is 9.99. The van der Waals surface area contributed by atoms with Crippen molar-refractivity contribution in [2.24, 2.45) is 5.10 Å². The van der Waals surface area contributed by atoms with Gasteiger partial charge in [0.25, 0.3) is 5.56 Å². The van der Waals surface area contributed by atoms with Gasteiger partial charge >= 0.3 is 5.69 Å². The van der Waals surface area contributed by atoms with Crippen molar-refractivity contribution in [1.82, 2.24) is 15.0 Å². The normalized spacial score (nSPS) is 15.9. The number of benzene rings is 2. The summed E-state index contributed by atoms with van der Waals surface area (Å²) in [5, 5.41) is 15.6. The van der Waals surface area contributed by atoms with Gasteiger partial charge in [-0.05, 0) is 41.3 Å². The van der Waals surface area contributed by atoms with E-state index in [0.29, 0.717) is 28.8 Å². The molecule has 0 spiro atoms. The highest BCUT2D eigenvalue weighted by atomic mass is 35.5. The van der Waals surface area contributed by atoms with Crippen LogP contribution in [-0.4, -0.2) is 20.4 Å². The van der Waals surface area contributed by atoms with Crippen molar-refractivity contribution in [3.05, 3.63) is 91.1 Å². The van der Waals surface area contributed by atoms with E-state index in [4.69, 9.17) is 11.6 Å². The van der Waals surface area contributed by atoms with E-state index in [1.807, 2.05) is 12.1 Å². The van der Waals surface area contributed by atoms with E-state index in [-0.39, 0.29) is 11.6 Å². The molecule has 1 aliphatic heterocycles. The number of hydrogen-bond acceptors (Lipinski definition) is 5. The Morgan fingerprint density at radius 1 is 1.10 bits per heavy atom. The van der Waals surface area contributed by atoms with E-state index in [9.17, 15) is 14.7 Å². The third-order valence-electron chi connectivity index (χ3n) is 5.22. The molecule has 1 aromatic heterocycles. The predicted octanol–water partition coefficient (Wildman–Crippen LogP) is 3.45. The second kappa shape index (κ2) is 7.84. The molecule has 4 rings (SSSR count). The molecule has 3 N–H and O–H groups in total. The molecule has 1 aliphatic rings. The molecule has 0 amide bonds. The maximum Gasteiger partial charge on any atom is 0.335 e. The minimum Gasteiger partial charge on any atom is -0.493 e. The number of H-pyrrole nitrogens is 1. The topological polar surface area (TPSA) is 99.5 Å². The molecule has 0 fully saturated rings. The maximum atomic E-state index is 12.5. The Morgan fingerprint density at radius 3 is 2.40 bits per heavy atom. The van der Waals surface area contributed by atoms with E-state index in [1.54, 1.807) is 24.3 Å². The number of nitrogens with one attached hydrogen (secondary N) is 2. The second-order valence-electron chi connectivity index (χ2n) is 7.54. The number of rotatable bonds is 4. The van der Waals surface area contributed by atoms with Crippen LogP contribution < -0.4 is 16.7 Å². The van der Waals surface area contributed by atoms with Crippen molar-refractivity contribution < 1.29 is 5.11 Å². The van der Waals surface area contributed by atoms with Gasteiger partial charge in [-0.3, -0.25) is 9.78 Å². The predicted molar refractivity (Wildman–Crippen MR) is 117 cm³/mol. The third-order valence-corrected chi connectivity index (χ3v) is 5.47. The van der Waals surface area contributed by atoms with Gasteiger partial charge in [-0.15, -0.1) is 0 Å². The van der Waals surface area contributed by atoms with Gasteiger partial charge in [0.2, 0.25) is 5.88 Å². The van der Waals surface area contributed by atoms with Crippen molar-refractivity contribution in [3.63, 3.8) is 0 Å². The molecule has 0 bridgehead atoms. The number of aromatic amines is 1. The van der Waals surface area contributed by atoms with Gasteiger partial charge in [0.15, 0.2) is 0 Å². The van der Waals surface area contributed by atoms with Gasteiger partial charge in [-0.2, -0.15) is 5.10 Å². The Labute approximate surface area is 177 Å². The molecule has 0 saturated heterocycles. The molecule has 154 valence electrons. The lowest BCUT2D eigenvalue weighted by molar-refractivity contribution is 0.429. The van der Waals surface area contributed by atoms with Crippen molar-refractivity contribution in [1.29, 1.82) is 0 Å². The third kappa shape index (κ3) is 3.64. The van der Waals surface area contributed by atoms with E-state index >= 15 is 0 Å². The Kier molecular flexibility index (Phi) is 5.22. The highest BCUT2D eigenvalue weighted by Gasteiger charge is 2.27. The van der Waals surface area contributed by atoms with Crippen molar-refractivity contribution in [2.45, 2.75) is 32.2 Å². The van der Waals surface area contributed by atoms with Crippen LogP contribution in [0, 0.1) is 0 Å². The number of hydrazone groups is 1. The number of halogens is 1. The summed E-state index contributed by atoms with van der Waals surface area (Å²) in [4.78, 5) is 27.1. The zero-order chi connectivity index (χ0) is 21.4. The average molecular weight is 425 g/mol. The minimum atomic E-state index is -0.740. The quantitative estimate of drug-likeness (QED) is 0.597. The van der Waals surface area contributed by atoms with Crippen LogP contribution in [0.4, 0.5) is 0 Å². The van der Waals surface area contributed by atoms with Crippen LogP contribution in [0.5, 0.6) is 5.88 Å².